The van der Waals surface area contributed by atoms with E-state index < -0.39 is 0 Å². The Balaban J connectivity index is 2.38. The van der Waals surface area contributed by atoms with Crippen molar-refractivity contribution in [3.63, 3.8) is 0 Å². The number of nitrogens with one attached hydrogen (secondary N) is 1. The number of benzene rings is 1. The average molecular weight is 219 g/mol. The molecule has 0 saturated heterocycles. The van der Waals surface area contributed by atoms with E-state index >= 15 is 0 Å². The highest BCUT2D eigenvalue weighted by Crippen LogP contribution is 2.33. The number of fused-ring (bicyclic) bond motifs is 1. The van der Waals surface area contributed by atoms with Gasteiger partial charge in [-0.2, -0.15) is 0 Å². The summed E-state index contributed by atoms with van der Waals surface area (Å²) in [5.74, 6) is 3.30. The van der Waals surface area contributed by atoms with Crippen LogP contribution in [0.4, 0.5) is 5.69 Å². The molecule has 0 amide bonds. The van der Waals surface area contributed by atoms with Gasteiger partial charge in [0.1, 0.15) is 5.75 Å². The molecule has 1 aromatic carbocycles. The second-order valence-corrected chi connectivity index (χ2v) is 3.85. The Kier molecular flexibility index (Phi) is 2.89. The lowest BCUT2D eigenvalue weighted by Gasteiger charge is -2.09. The van der Waals surface area contributed by atoms with Gasteiger partial charge < -0.3 is 10.1 Å². The maximum Gasteiger partial charge on any atom is 0.192 e. The zero-order chi connectivity index (χ0) is 10.7. The molecule has 0 bridgehead atoms. The van der Waals surface area contributed by atoms with Gasteiger partial charge >= 0.3 is 0 Å². The fraction of sp³-hybridized carbons (Fsp3) is 0.273. The van der Waals surface area contributed by atoms with Gasteiger partial charge in [0.15, 0.2) is 8.46 Å². The van der Waals surface area contributed by atoms with Crippen LogP contribution in [0.25, 0.3) is 0 Å². The fourth-order valence-corrected chi connectivity index (χ4v) is 2.11. The van der Waals surface area contributed by atoms with Gasteiger partial charge in [0.25, 0.3) is 0 Å². The highest BCUT2D eigenvalue weighted by molar-refractivity contribution is 7.34. The summed E-state index contributed by atoms with van der Waals surface area (Å²) in [6.07, 6.45) is 5.98. The first kappa shape index (κ1) is 10.0. The molecular formula is C11H10NO2P. The van der Waals surface area contributed by atoms with Crippen molar-refractivity contribution < 1.29 is 9.30 Å². The van der Waals surface area contributed by atoms with Crippen molar-refractivity contribution in [2.24, 2.45) is 0 Å². The SMILES string of the molecule is C#CCNc1ccc(P=O)c2c1OCC2. The molecule has 2 rings (SSSR count). The minimum absolute atomic E-state index is 0.0406. The minimum atomic E-state index is 0.0406. The number of rotatable bonds is 3. The smallest absolute Gasteiger partial charge is 0.192 e. The summed E-state index contributed by atoms with van der Waals surface area (Å²) in [7, 11) is 0.0406. The lowest BCUT2D eigenvalue weighted by molar-refractivity contribution is 0.358. The Morgan fingerprint density at radius 2 is 2.47 bits per heavy atom. The highest BCUT2D eigenvalue weighted by atomic mass is 31.1. The molecule has 15 heavy (non-hydrogen) atoms. The van der Waals surface area contributed by atoms with Crippen LogP contribution in [0.1, 0.15) is 5.56 Å². The number of terminal acetylenes is 1. The maximum atomic E-state index is 10.9. The van der Waals surface area contributed by atoms with Crippen LogP contribution in [0.3, 0.4) is 0 Å². The summed E-state index contributed by atoms with van der Waals surface area (Å²) in [5.41, 5.74) is 1.90. The van der Waals surface area contributed by atoms with Crippen LogP contribution in [0.15, 0.2) is 12.1 Å². The number of hydrogen-bond donors (Lipinski definition) is 1. The molecule has 0 spiro atoms. The predicted octanol–water partition coefficient (Wildman–Crippen LogP) is 1.58. The first-order valence-electron chi connectivity index (χ1n) is 4.66. The zero-order valence-corrected chi connectivity index (χ0v) is 9.01. The maximum absolute atomic E-state index is 10.9. The van der Waals surface area contributed by atoms with E-state index in [-0.39, 0.29) is 8.46 Å². The van der Waals surface area contributed by atoms with Crippen LogP contribution < -0.4 is 15.4 Å². The van der Waals surface area contributed by atoms with E-state index in [2.05, 4.69) is 11.2 Å². The van der Waals surface area contributed by atoms with E-state index in [0.717, 1.165) is 28.7 Å². The summed E-state index contributed by atoms with van der Waals surface area (Å²) in [4.78, 5) is 0. The molecule has 1 aromatic rings. The van der Waals surface area contributed by atoms with Crippen molar-refractivity contribution >= 4 is 19.5 Å². The van der Waals surface area contributed by atoms with Crippen molar-refractivity contribution in [3.8, 4) is 18.1 Å². The molecule has 0 unspecified atom stereocenters. The third kappa shape index (κ3) is 1.82. The molecule has 0 saturated carbocycles. The van der Waals surface area contributed by atoms with E-state index in [0.29, 0.717) is 13.2 Å². The quantitative estimate of drug-likeness (QED) is 0.619. The molecule has 0 aromatic heterocycles. The van der Waals surface area contributed by atoms with E-state index in [1.807, 2.05) is 12.1 Å². The Labute approximate surface area is 90.0 Å². The van der Waals surface area contributed by atoms with Gasteiger partial charge in [-0.3, -0.25) is 4.57 Å². The average Bonchev–Trinajstić information content (AvgIpc) is 2.74. The molecule has 0 aliphatic carbocycles. The first-order chi connectivity index (χ1) is 7.36. The van der Waals surface area contributed by atoms with Gasteiger partial charge in [0.05, 0.1) is 18.8 Å². The zero-order valence-electron chi connectivity index (χ0n) is 8.12. The van der Waals surface area contributed by atoms with Gasteiger partial charge in [-0.1, -0.05) is 5.92 Å². The molecule has 0 radical (unpaired) electrons. The third-order valence-corrected chi connectivity index (χ3v) is 2.93. The van der Waals surface area contributed by atoms with Gasteiger partial charge in [-0.25, -0.2) is 0 Å². The van der Waals surface area contributed by atoms with Crippen molar-refractivity contribution in [2.75, 3.05) is 18.5 Å². The van der Waals surface area contributed by atoms with Gasteiger partial charge in [0, 0.05) is 17.3 Å². The third-order valence-electron chi connectivity index (χ3n) is 2.31. The summed E-state index contributed by atoms with van der Waals surface area (Å²) in [5, 5.41) is 3.88. The summed E-state index contributed by atoms with van der Waals surface area (Å²) < 4.78 is 16.4. The Morgan fingerprint density at radius 3 is 3.20 bits per heavy atom. The van der Waals surface area contributed by atoms with Crippen LogP contribution >= 0.6 is 8.46 Å². The van der Waals surface area contributed by atoms with Crippen LogP contribution in [-0.4, -0.2) is 13.2 Å². The van der Waals surface area contributed by atoms with Crippen LogP contribution in [-0.2, 0) is 11.0 Å². The number of hydrogen-bond acceptors (Lipinski definition) is 3. The predicted molar refractivity (Wildman–Crippen MR) is 60.2 cm³/mol. The van der Waals surface area contributed by atoms with E-state index in [1.165, 1.54) is 0 Å². The molecule has 1 N–H and O–H groups in total. The molecule has 76 valence electrons. The van der Waals surface area contributed by atoms with Crippen molar-refractivity contribution in [3.05, 3.63) is 17.7 Å². The molecular weight excluding hydrogens is 209 g/mol. The van der Waals surface area contributed by atoms with Gasteiger partial charge in [-0.15, -0.1) is 6.42 Å². The fourth-order valence-electron chi connectivity index (χ4n) is 1.65. The summed E-state index contributed by atoms with van der Waals surface area (Å²) in [6, 6.07) is 3.68. The largest absolute Gasteiger partial charge is 0.491 e. The first-order valence-corrected chi connectivity index (χ1v) is 5.47. The number of anilines is 1. The van der Waals surface area contributed by atoms with Crippen molar-refractivity contribution in [1.29, 1.82) is 0 Å². The molecule has 1 aliphatic heterocycles. The molecule has 1 heterocycles. The molecule has 0 atom stereocenters. The van der Waals surface area contributed by atoms with Gasteiger partial charge in [-0.05, 0) is 12.1 Å². The monoisotopic (exact) mass is 219 g/mol. The topological polar surface area (TPSA) is 38.3 Å². The Bertz CT molecular complexity index is 437. The van der Waals surface area contributed by atoms with Crippen LogP contribution in [0.5, 0.6) is 5.75 Å². The summed E-state index contributed by atoms with van der Waals surface area (Å²) in [6.45, 7) is 1.11. The highest BCUT2D eigenvalue weighted by Gasteiger charge is 2.19. The molecule has 4 heteroatoms. The Hall–Kier alpha value is -1.52. The van der Waals surface area contributed by atoms with Crippen molar-refractivity contribution in [2.45, 2.75) is 6.42 Å². The normalized spacial score (nSPS) is 13.0. The molecule has 1 aliphatic rings. The Morgan fingerprint density at radius 1 is 1.60 bits per heavy atom. The minimum Gasteiger partial charge on any atom is -0.491 e. The van der Waals surface area contributed by atoms with E-state index in [1.54, 1.807) is 0 Å². The lowest BCUT2D eigenvalue weighted by atomic mass is 10.1. The van der Waals surface area contributed by atoms with Crippen molar-refractivity contribution in [1.82, 2.24) is 0 Å². The van der Waals surface area contributed by atoms with E-state index in [4.69, 9.17) is 11.2 Å². The van der Waals surface area contributed by atoms with Crippen LogP contribution in [0, 0.1) is 12.3 Å². The van der Waals surface area contributed by atoms with Gasteiger partial charge in [0.2, 0.25) is 0 Å². The molecule has 3 nitrogen and oxygen atoms in total. The lowest BCUT2D eigenvalue weighted by Crippen LogP contribution is -2.04. The second-order valence-electron chi connectivity index (χ2n) is 3.19. The van der Waals surface area contributed by atoms with Crippen LogP contribution in [0.2, 0.25) is 0 Å². The standard InChI is InChI=1S/C11H10NO2P/c1-2-6-12-9-3-4-10(15-13)8-5-7-14-11(8)9/h1,3-4,12H,5-7H2. The summed E-state index contributed by atoms with van der Waals surface area (Å²) >= 11 is 0. The number of ether oxygens (including phenoxy) is 1. The molecule has 0 fully saturated rings. The van der Waals surface area contributed by atoms with E-state index in [9.17, 15) is 4.57 Å². The second kappa shape index (κ2) is 4.33.